The molecule has 0 radical (unpaired) electrons. The zero-order valence-corrected chi connectivity index (χ0v) is 16.2. The number of amides is 1. The fraction of sp³-hybridized carbons (Fsp3) is 0.364. The number of carbonyl (C=O) groups excluding carboxylic acids is 1. The Hall–Kier alpha value is -3.02. The fourth-order valence-corrected chi connectivity index (χ4v) is 3.78. The van der Waals surface area contributed by atoms with E-state index in [4.69, 9.17) is 15.2 Å². The second-order valence-electron chi connectivity index (χ2n) is 7.67. The van der Waals surface area contributed by atoms with Crippen molar-refractivity contribution in [3.05, 3.63) is 53.1 Å². The van der Waals surface area contributed by atoms with Gasteiger partial charge in [0.2, 0.25) is 5.91 Å². The van der Waals surface area contributed by atoms with Crippen LogP contribution in [0.2, 0.25) is 0 Å². The number of nitrogens with one attached hydrogen (secondary N) is 1. The first-order valence-corrected chi connectivity index (χ1v) is 9.71. The molecule has 30 heavy (non-hydrogen) atoms. The largest absolute Gasteiger partial charge is 0.488 e. The van der Waals surface area contributed by atoms with E-state index in [1.807, 2.05) is 0 Å². The number of rotatable bonds is 4. The van der Waals surface area contributed by atoms with Crippen molar-refractivity contribution in [3.8, 4) is 22.9 Å². The number of benzene rings is 2. The number of hydrogen-bond donors (Lipinski definition) is 2. The van der Waals surface area contributed by atoms with Gasteiger partial charge in [-0.2, -0.15) is 5.26 Å². The van der Waals surface area contributed by atoms with Crippen LogP contribution in [-0.2, 0) is 22.6 Å². The highest BCUT2D eigenvalue weighted by atomic mass is 19.2. The lowest BCUT2D eigenvalue weighted by molar-refractivity contribution is -0.130. The summed E-state index contributed by atoms with van der Waals surface area (Å²) in [6.07, 6.45) is 1.07. The minimum atomic E-state index is -1.03. The van der Waals surface area contributed by atoms with Crippen LogP contribution in [0.5, 0.6) is 5.75 Å². The predicted octanol–water partition coefficient (Wildman–Crippen LogP) is 2.58. The van der Waals surface area contributed by atoms with Crippen LogP contribution < -0.4 is 15.8 Å². The number of nitrogens with two attached hydrogens (primary N) is 1. The van der Waals surface area contributed by atoms with Gasteiger partial charge in [0.1, 0.15) is 18.4 Å². The lowest BCUT2D eigenvalue weighted by Crippen LogP contribution is -2.58. The van der Waals surface area contributed by atoms with Crippen LogP contribution in [0.3, 0.4) is 0 Å². The lowest BCUT2D eigenvalue weighted by Gasteiger charge is -2.32. The summed E-state index contributed by atoms with van der Waals surface area (Å²) in [6, 6.07) is 8.92. The Bertz CT molecular complexity index is 1030. The van der Waals surface area contributed by atoms with Gasteiger partial charge in [0.05, 0.1) is 11.6 Å². The highest BCUT2D eigenvalue weighted by Gasteiger charge is 2.37. The second kappa shape index (κ2) is 8.01. The topological polar surface area (TPSA) is 97.4 Å². The van der Waals surface area contributed by atoms with E-state index in [9.17, 15) is 18.8 Å². The molecule has 2 heterocycles. The third kappa shape index (κ3) is 3.86. The molecule has 0 saturated carbocycles. The summed E-state index contributed by atoms with van der Waals surface area (Å²) in [5.74, 6) is -1.67. The van der Waals surface area contributed by atoms with Crippen molar-refractivity contribution < 1.29 is 23.0 Å². The van der Waals surface area contributed by atoms with Crippen molar-refractivity contribution >= 4 is 5.91 Å². The molecular formula is C22H21F2N3O3. The number of nitrogens with zero attached hydrogens (tertiary/aromatic N) is 1. The highest BCUT2D eigenvalue weighted by molar-refractivity contribution is 5.86. The Balaban J connectivity index is 1.50. The lowest BCUT2D eigenvalue weighted by atomic mass is 9.89. The number of fused-ring (bicyclic) bond motifs is 3. The van der Waals surface area contributed by atoms with Gasteiger partial charge in [0, 0.05) is 30.8 Å². The molecule has 8 heteroatoms. The molecule has 2 aliphatic rings. The van der Waals surface area contributed by atoms with Crippen LogP contribution in [0.1, 0.15) is 24.0 Å². The van der Waals surface area contributed by atoms with Gasteiger partial charge in [-0.1, -0.05) is 12.1 Å². The van der Waals surface area contributed by atoms with E-state index in [-0.39, 0.29) is 18.9 Å². The molecule has 2 aromatic carbocycles. The average molecular weight is 413 g/mol. The molecule has 3 N–H and O–H groups in total. The predicted molar refractivity (Wildman–Crippen MR) is 104 cm³/mol. The van der Waals surface area contributed by atoms with E-state index in [1.54, 1.807) is 18.2 Å². The Morgan fingerprint density at radius 1 is 1.20 bits per heavy atom. The molecule has 4 rings (SSSR count). The van der Waals surface area contributed by atoms with Gasteiger partial charge in [0.15, 0.2) is 11.6 Å². The Labute approximate surface area is 172 Å². The zero-order chi connectivity index (χ0) is 21.3. The van der Waals surface area contributed by atoms with Gasteiger partial charge >= 0.3 is 0 Å². The van der Waals surface area contributed by atoms with E-state index < -0.39 is 23.2 Å². The highest BCUT2D eigenvalue weighted by Crippen LogP contribution is 2.39. The second-order valence-corrected chi connectivity index (χ2v) is 7.67. The number of hydrogen-bond acceptors (Lipinski definition) is 5. The normalized spacial score (nSPS) is 17.7. The van der Waals surface area contributed by atoms with Gasteiger partial charge in [-0.25, -0.2) is 8.78 Å². The summed E-state index contributed by atoms with van der Waals surface area (Å²) >= 11 is 0. The minimum absolute atomic E-state index is 0.124. The van der Waals surface area contributed by atoms with Crippen molar-refractivity contribution in [2.24, 2.45) is 5.73 Å². The van der Waals surface area contributed by atoms with Crippen molar-refractivity contribution in [2.45, 2.75) is 37.5 Å². The number of halogens is 2. The first-order valence-electron chi connectivity index (χ1n) is 9.71. The Kier molecular flexibility index (Phi) is 5.41. The number of carbonyl (C=O) groups is 1. The van der Waals surface area contributed by atoms with Gasteiger partial charge in [-0.05, 0) is 42.2 Å². The summed E-state index contributed by atoms with van der Waals surface area (Å²) in [6.45, 7) is 0.948. The first-order chi connectivity index (χ1) is 14.4. The van der Waals surface area contributed by atoms with E-state index in [0.29, 0.717) is 48.5 Å². The van der Waals surface area contributed by atoms with Crippen LogP contribution in [-0.4, -0.2) is 30.7 Å². The van der Waals surface area contributed by atoms with Crippen molar-refractivity contribution in [3.63, 3.8) is 0 Å². The molecule has 1 saturated heterocycles. The van der Waals surface area contributed by atoms with Crippen LogP contribution in [0.4, 0.5) is 8.78 Å². The van der Waals surface area contributed by atoms with E-state index >= 15 is 0 Å². The molecule has 2 aromatic rings. The van der Waals surface area contributed by atoms with Crippen molar-refractivity contribution in [1.82, 2.24) is 5.32 Å². The standard InChI is InChI=1S/C22H21F2N3O3/c23-18-9-14-12-30-20-8-13(1-2-16(20)17(14)10-19(18)24)7-15(11-25)27-21(28)22(26)3-5-29-6-4-22/h1-2,8-10,15H,3-7,12,26H2,(H,27,28). The molecular weight excluding hydrogens is 392 g/mol. The monoisotopic (exact) mass is 413 g/mol. The van der Waals surface area contributed by atoms with Crippen LogP contribution in [0, 0.1) is 23.0 Å². The van der Waals surface area contributed by atoms with E-state index in [1.165, 1.54) is 6.07 Å². The molecule has 6 nitrogen and oxygen atoms in total. The van der Waals surface area contributed by atoms with E-state index in [2.05, 4.69) is 11.4 Å². The first kappa shape index (κ1) is 20.3. The molecule has 0 aliphatic carbocycles. The maximum absolute atomic E-state index is 13.7. The van der Waals surface area contributed by atoms with Gasteiger partial charge in [0.25, 0.3) is 0 Å². The molecule has 2 aliphatic heterocycles. The maximum Gasteiger partial charge on any atom is 0.241 e. The molecule has 0 aromatic heterocycles. The summed E-state index contributed by atoms with van der Waals surface area (Å²) in [4.78, 5) is 12.6. The Morgan fingerprint density at radius 3 is 2.67 bits per heavy atom. The molecule has 1 fully saturated rings. The third-order valence-electron chi connectivity index (χ3n) is 5.60. The number of ether oxygens (including phenoxy) is 2. The smallest absolute Gasteiger partial charge is 0.241 e. The molecule has 1 unspecified atom stereocenters. The molecule has 1 amide bonds. The average Bonchev–Trinajstić information content (AvgIpc) is 2.74. The van der Waals surface area contributed by atoms with Crippen LogP contribution >= 0.6 is 0 Å². The zero-order valence-electron chi connectivity index (χ0n) is 16.2. The molecule has 0 bridgehead atoms. The van der Waals surface area contributed by atoms with Crippen molar-refractivity contribution in [1.29, 1.82) is 5.26 Å². The Morgan fingerprint density at radius 2 is 1.93 bits per heavy atom. The summed E-state index contributed by atoms with van der Waals surface area (Å²) in [7, 11) is 0. The SMILES string of the molecule is N#CC(Cc1ccc2c(c1)OCc1cc(F)c(F)cc1-2)NC(=O)C1(N)CCOCC1. The fourth-order valence-electron chi connectivity index (χ4n) is 3.78. The summed E-state index contributed by atoms with van der Waals surface area (Å²) < 4.78 is 38.1. The summed E-state index contributed by atoms with van der Waals surface area (Å²) in [5, 5.41) is 12.2. The minimum Gasteiger partial charge on any atom is -0.488 e. The third-order valence-corrected chi connectivity index (χ3v) is 5.60. The van der Waals surface area contributed by atoms with Gasteiger partial charge in [-0.3, -0.25) is 4.79 Å². The van der Waals surface area contributed by atoms with Gasteiger partial charge < -0.3 is 20.5 Å². The maximum atomic E-state index is 13.7. The quantitative estimate of drug-likeness (QED) is 0.803. The van der Waals surface area contributed by atoms with Gasteiger partial charge in [-0.15, -0.1) is 0 Å². The van der Waals surface area contributed by atoms with Crippen LogP contribution in [0.15, 0.2) is 30.3 Å². The summed E-state index contributed by atoms with van der Waals surface area (Å²) in [5.41, 5.74) is 7.72. The van der Waals surface area contributed by atoms with E-state index in [0.717, 1.165) is 11.6 Å². The van der Waals surface area contributed by atoms with Crippen molar-refractivity contribution in [2.75, 3.05) is 13.2 Å². The van der Waals surface area contributed by atoms with Crippen LogP contribution in [0.25, 0.3) is 11.1 Å². The molecule has 156 valence electrons. The molecule has 0 spiro atoms. The number of nitriles is 1. The molecule has 1 atom stereocenters.